The lowest BCUT2D eigenvalue weighted by Gasteiger charge is -2.13. The maximum atomic E-state index is 11.1. The number of benzene rings is 1. The molecule has 1 N–H and O–H groups in total. The van der Waals surface area contributed by atoms with Crippen LogP contribution in [-0.4, -0.2) is 13.0 Å². The summed E-state index contributed by atoms with van der Waals surface area (Å²) in [7, 11) is -4.47. The van der Waals surface area contributed by atoms with Gasteiger partial charge in [-0.15, -0.1) is 11.6 Å². The monoisotopic (exact) mass is 322 g/mol. The molecule has 0 saturated carbocycles. The van der Waals surface area contributed by atoms with Gasteiger partial charge in [-0.2, -0.15) is 8.42 Å². The fraction of sp³-hybridized carbons (Fsp3) is 0.250. The first-order valence-corrected chi connectivity index (χ1v) is 7.02. The zero-order valence-corrected chi connectivity index (χ0v) is 11.7. The Morgan fingerprint density at radius 1 is 1.12 bits per heavy atom. The van der Waals surface area contributed by atoms with Crippen LogP contribution in [0.5, 0.6) is 0 Å². The standard InChI is InChI=1S/C8H6Cl4O3S/c1-3-4(2-9)5(10)6(11)7(12)8(3)16(13,14)15/h2H2,1H3,(H,13,14,15). The van der Waals surface area contributed by atoms with Crippen molar-refractivity contribution in [2.75, 3.05) is 0 Å². The smallest absolute Gasteiger partial charge is 0.282 e. The molecule has 0 aromatic heterocycles. The molecule has 0 fully saturated rings. The molecule has 0 aliphatic carbocycles. The highest BCUT2D eigenvalue weighted by Gasteiger charge is 2.25. The molecule has 0 amide bonds. The van der Waals surface area contributed by atoms with Crippen molar-refractivity contribution in [1.29, 1.82) is 0 Å². The Bertz CT molecular complexity index is 539. The fourth-order valence-corrected chi connectivity index (χ4v) is 3.65. The Hall–Kier alpha value is 0.290. The van der Waals surface area contributed by atoms with Crippen molar-refractivity contribution in [1.82, 2.24) is 0 Å². The van der Waals surface area contributed by atoms with E-state index in [1.165, 1.54) is 6.92 Å². The minimum absolute atomic E-state index is 0.0376. The van der Waals surface area contributed by atoms with Crippen LogP contribution in [0, 0.1) is 6.92 Å². The van der Waals surface area contributed by atoms with Crippen LogP contribution >= 0.6 is 46.4 Å². The van der Waals surface area contributed by atoms with Crippen molar-refractivity contribution >= 4 is 56.5 Å². The minimum Gasteiger partial charge on any atom is -0.282 e. The fourth-order valence-electron chi connectivity index (χ4n) is 1.26. The van der Waals surface area contributed by atoms with E-state index in [-0.39, 0.29) is 26.5 Å². The quantitative estimate of drug-likeness (QED) is 0.509. The molecule has 0 unspecified atom stereocenters. The van der Waals surface area contributed by atoms with Crippen LogP contribution in [0.1, 0.15) is 11.1 Å². The van der Waals surface area contributed by atoms with E-state index < -0.39 is 15.0 Å². The molecule has 0 atom stereocenters. The van der Waals surface area contributed by atoms with Crippen molar-refractivity contribution in [3.05, 3.63) is 26.2 Å². The van der Waals surface area contributed by atoms with Gasteiger partial charge in [0.05, 0.1) is 15.1 Å². The molecule has 0 heterocycles. The van der Waals surface area contributed by atoms with E-state index in [4.69, 9.17) is 51.0 Å². The summed E-state index contributed by atoms with van der Waals surface area (Å²) in [5.41, 5.74) is 0.516. The van der Waals surface area contributed by atoms with Crippen LogP contribution < -0.4 is 0 Å². The van der Waals surface area contributed by atoms with E-state index in [1.807, 2.05) is 0 Å². The van der Waals surface area contributed by atoms with Crippen LogP contribution in [-0.2, 0) is 16.0 Å². The Balaban J connectivity index is 3.84. The number of hydrogen-bond acceptors (Lipinski definition) is 2. The van der Waals surface area contributed by atoms with Gasteiger partial charge in [0.1, 0.15) is 4.90 Å². The molecule has 0 radical (unpaired) electrons. The average molecular weight is 324 g/mol. The minimum atomic E-state index is -4.47. The first-order chi connectivity index (χ1) is 7.21. The second-order valence-corrected chi connectivity index (χ2v) is 5.74. The lowest BCUT2D eigenvalue weighted by molar-refractivity contribution is 0.482. The van der Waals surface area contributed by atoms with E-state index in [0.717, 1.165) is 0 Å². The summed E-state index contributed by atoms with van der Waals surface area (Å²) in [6.45, 7) is 1.44. The lowest BCUT2D eigenvalue weighted by Crippen LogP contribution is -2.05. The molecule has 90 valence electrons. The van der Waals surface area contributed by atoms with E-state index in [1.54, 1.807) is 0 Å². The lowest BCUT2D eigenvalue weighted by atomic mass is 10.1. The third-order valence-corrected chi connectivity index (χ3v) is 4.81. The molecule has 8 heteroatoms. The highest BCUT2D eigenvalue weighted by atomic mass is 35.5. The van der Waals surface area contributed by atoms with Crippen molar-refractivity contribution in [3.63, 3.8) is 0 Å². The Labute approximate surface area is 113 Å². The maximum Gasteiger partial charge on any atom is 0.296 e. The van der Waals surface area contributed by atoms with Crippen LogP contribution in [0.4, 0.5) is 0 Å². The Morgan fingerprint density at radius 2 is 1.62 bits per heavy atom. The van der Waals surface area contributed by atoms with E-state index in [0.29, 0.717) is 5.56 Å². The van der Waals surface area contributed by atoms with Gasteiger partial charge in [0.25, 0.3) is 10.1 Å². The molecular formula is C8H6Cl4O3S. The van der Waals surface area contributed by atoms with Crippen molar-refractivity contribution < 1.29 is 13.0 Å². The first-order valence-electron chi connectivity index (χ1n) is 3.91. The Morgan fingerprint density at radius 3 is 2.00 bits per heavy atom. The Kier molecular flexibility index (Phi) is 4.38. The highest BCUT2D eigenvalue weighted by molar-refractivity contribution is 7.86. The van der Waals surface area contributed by atoms with Gasteiger partial charge < -0.3 is 0 Å². The first kappa shape index (κ1) is 14.4. The van der Waals surface area contributed by atoms with Gasteiger partial charge in [-0.3, -0.25) is 4.55 Å². The number of hydrogen-bond donors (Lipinski definition) is 1. The topological polar surface area (TPSA) is 54.4 Å². The molecule has 0 aliphatic heterocycles. The molecule has 16 heavy (non-hydrogen) atoms. The van der Waals surface area contributed by atoms with E-state index >= 15 is 0 Å². The largest absolute Gasteiger partial charge is 0.296 e. The van der Waals surface area contributed by atoms with Crippen LogP contribution in [0.2, 0.25) is 15.1 Å². The maximum absolute atomic E-state index is 11.1. The van der Waals surface area contributed by atoms with Gasteiger partial charge in [0.2, 0.25) is 0 Å². The van der Waals surface area contributed by atoms with Crippen LogP contribution in [0.15, 0.2) is 4.90 Å². The average Bonchev–Trinajstić information content (AvgIpc) is 2.13. The van der Waals surface area contributed by atoms with Crippen molar-refractivity contribution in [3.8, 4) is 0 Å². The third-order valence-electron chi connectivity index (χ3n) is 2.03. The summed E-state index contributed by atoms with van der Waals surface area (Å²) in [5.74, 6) is -0.0376. The van der Waals surface area contributed by atoms with E-state index in [9.17, 15) is 8.42 Å². The van der Waals surface area contributed by atoms with Gasteiger partial charge >= 0.3 is 0 Å². The second kappa shape index (κ2) is 4.88. The molecule has 0 spiro atoms. The van der Waals surface area contributed by atoms with Crippen molar-refractivity contribution in [2.24, 2.45) is 0 Å². The summed E-state index contributed by atoms with van der Waals surface area (Å²) in [4.78, 5) is -0.459. The highest BCUT2D eigenvalue weighted by Crippen LogP contribution is 2.41. The number of alkyl halides is 1. The predicted molar refractivity (Wildman–Crippen MR) is 65.6 cm³/mol. The molecule has 3 nitrogen and oxygen atoms in total. The molecule has 1 rings (SSSR count). The third kappa shape index (κ3) is 2.42. The second-order valence-electron chi connectivity index (χ2n) is 2.98. The summed E-state index contributed by atoms with van der Waals surface area (Å²) in [5, 5.41) is -0.357. The zero-order chi connectivity index (χ0) is 12.7. The van der Waals surface area contributed by atoms with Gasteiger partial charge in [-0.25, -0.2) is 0 Å². The van der Waals surface area contributed by atoms with Gasteiger partial charge in [0, 0.05) is 5.88 Å². The van der Waals surface area contributed by atoms with Gasteiger partial charge in [0.15, 0.2) is 0 Å². The van der Waals surface area contributed by atoms with Gasteiger partial charge in [-0.1, -0.05) is 34.8 Å². The molecule has 1 aromatic rings. The normalized spacial score (nSPS) is 11.9. The summed E-state index contributed by atoms with van der Waals surface area (Å²) in [6.07, 6.45) is 0. The molecular weight excluding hydrogens is 318 g/mol. The van der Waals surface area contributed by atoms with E-state index in [2.05, 4.69) is 0 Å². The van der Waals surface area contributed by atoms with Crippen LogP contribution in [0.3, 0.4) is 0 Å². The van der Waals surface area contributed by atoms with Crippen LogP contribution in [0.25, 0.3) is 0 Å². The molecule has 0 aliphatic rings. The van der Waals surface area contributed by atoms with Gasteiger partial charge in [-0.05, 0) is 18.1 Å². The predicted octanol–water partition coefficient (Wildman–Crippen LogP) is 3.94. The summed E-state index contributed by atoms with van der Waals surface area (Å²) >= 11 is 22.9. The van der Waals surface area contributed by atoms with Crippen molar-refractivity contribution in [2.45, 2.75) is 17.7 Å². The number of halogens is 4. The molecule has 0 saturated heterocycles. The number of rotatable bonds is 2. The zero-order valence-electron chi connectivity index (χ0n) is 7.89. The summed E-state index contributed by atoms with van der Waals surface area (Å²) < 4.78 is 31.3. The summed E-state index contributed by atoms with van der Waals surface area (Å²) in [6, 6.07) is 0. The molecule has 1 aromatic carbocycles. The molecule has 0 bridgehead atoms. The SMILES string of the molecule is Cc1c(CCl)c(Cl)c(Cl)c(Cl)c1S(=O)(=O)O.